The second-order valence-electron chi connectivity index (χ2n) is 7.70. The minimum Gasteiger partial charge on any atom is -0.494 e. The van der Waals surface area contributed by atoms with Crippen LogP contribution < -0.4 is 9.64 Å². The van der Waals surface area contributed by atoms with Gasteiger partial charge >= 0.3 is 0 Å². The minimum absolute atomic E-state index is 0.456. The predicted molar refractivity (Wildman–Crippen MR) is 110 cm³/mol. The molecule has 1 saturated heterocycles. The highest BCUT2D eigenvalue weighted by Gasteiger charge is 2.25. The molecule has 0 N–H and O–H groups in total. The van der Waals surface area contributed by atoms with E-state index in [1.165, 1.54) is 11.4 Å². The Kier molecular flexibility index (Phi) is 4.77. The number of methoxy groups -OCH3 is 1. The highest BCUT2D eigenvalue weighted by molar-refractivity contribution is 5.88. The van der Waals surface area contributed by atoms with E-state index < -0.39 is 0 Å². The molecule has 1 aliphatic heterocycles. The van der Waals surface area contributed by atoms with Gasteiger partial charge in [-0.1, -0.05) is 12.1 Å². The Labute approximate surface area is 161 Å². The number of imidazole rings is 1. The van der Waals surface area contributed by atoms with Gasteiger partial charge in [-0.3, -0.25) is 0 Å². The summed E-state index contributed by atoms with van der Waals surface area (Å²) in [6.45, 7) is 8.59. The molecule has 27 heavy (non-hydrogen) atoms. The normalized spacial score (nSPS) is 15.7. The molecule has 1 aromatic carbocycles. The average Bonchev–Trinajstić information content (AvgIpc) is 3.18. The fraction of sp³-hybridized carbons (Fsp3) is 0.455. The van der Waals surface area contributed by atoms with Gasteiger partial charge in [0, 0.05) is 42.8 Å². The molecule has 0 aliphatic carbocycles. The minimum atomic E-state index is 0.456. The SMILES string of the molecule is COc1cccc2c(C)cc(N3CCC(c4nccn4C(C)C)CC3)nc12. The van der Waals surface area contributed by atoms with Crippen LogP contribution in [0.15, 0.2) is 36.7 Å². The second kappa shape index (κ2) is 7.22. The van der Waals surface area contributed by atoms with Crippen molar-refractivity contribution in [2.75, 3.05) is 25.1 Å². The molecule has 3 aromatic rings. The molecule has 3 heterocycles. The van der Waals surface area contributed by atoms with E-state index in [0.717, 1.165) is 48.4 Å². The Morgan fingerprint density at radius 1 is 1.19 bits per heavy atom. The molecule has 0 spiro atoms. The third-order valence-corrected chi connectivity index (χ3v) is 5.65. The maximum Gasteiger partial charge on any atom is 0.145 e. The molecule has 0 atom stereocenters. The number of anilines is 1. The molecule has 0 radical (unpaired) electrons. The van der Waals surface area contributed by atoms with Crippen molar-refractivity contribution in [1.82, 2.24) is 14.5 Å². The first-order valence-corrected chi connectivity index (χ1v) is 9.80. The van der Waals surface area contributed by atoms with E-state index in [2.05, 4.69) is 53.6 Å². The Morgan fingerprint density at radius 3 is 2.67 bits per heavy atom. The summed E-state index contributed by atoms with van der Waals surface area (Å²) in [4.78, 5) is 12.0. The fourth-order valence-corrected chi connectivity index (χ4v) is 4.15. The van der Waals surface area contributed by atoms with Gasteiger partial charge in [0.2, 0.25) is 0 Å². The van der Waals surface area contributed by atoms with Crippen molar-refractivity contribution in [3.05, 3.63) is 48.0 Å². The quantitative estimate of drug-likeness (QED) is 0.672. The first-order chi connectivity index (χ1) is 13.1. The van der Waals surface area contributed by atoms with E-state index in [0.29, 0.717) is 12.0 Å². The number of benzene rings is 1. The van der Waals surface area contributed by atoms with Crippen LogP contribution in [0.2, 0.25) is 0 Å². The average molecular weight is 364 g/mol. The molecule has 1 aliphatic rings. The third-order valence-electron chi connectivity index (χ3n) is 5.65. The van der Waals surface area contributed by atoms with Crippen LogP contribution >= 0.6 is 0 Å². The number of para-hydroxylation sites is 1. The van der Waals surface area contributed by atoms with E-state index in [9.17, 15) is 0 Å². The lowest BCUT2D eigenvalue weighted by atomic mass is 9.95. The van der Waals surface area contributed by atoms with Crippen molar-refractivity contribution in [2.45, 2.75) is 45.6 Å². The van der Waals surface area contributed by atoms with Gasteiger partial charge in [0.25, 0.3) is 0 Å². The smallest absolute Gasteiger partial charge is 0.145 e. The van der Waals surface area contributed by atoms with Gasteiger partial charge in [-0.05, 0) is 51.3 Å². The lowest BCUT2D eigenvalue weighted by Gasteiger charge is -2.33. The number of ether oxygens (including phenoxy) is 1. The summed E-state index contributed by atoms with van der Waals surface area (Å²) in [5, 5.41) is 1.16. The van der Waals surface area contributed by atoms with E-state index in [1.807, 2.05) is 18.3 Å². The van der Waals surface area contributed by atoms with Gasteiger partial charge in [-0.25, -0.2) is 9.97 Å². The van der Waals surface area contributed by atoms with Crippen LogP contribution in [-0.4, -0.2) is 34.7 Å². The highest BCUT2D eigenvalue weighted by atomic mass is 16.5. The number of hydrogen-bond donors (Lipinski definition) is 0. The first kappa shape index (κ1) is 17.8. The summed E-state index contributed by atoms with van der Waals surface area (Å²) < 4.78 is 7.84. The number of piperidine rings is 1. The van der Waals surface area contributed by atoms with Crippen molar-refractivity contribution in [3.63, 3.8) is 0 Å². The van der Waals surface area contributed by atoms with Crippen molar-refractivity contribution < 1.29 is 4.74 Å². The third kappa shape index (κ3) is 3.27. The zero-order valence-corrected chi connectivity index (χ0v) is 16.6. The van der Waals surface area contributed by atoms with Gasteiger partial charge in [-0.2, -0.15) is 0 Å². The summed E-state index contributed by atoms with van der Waals surface area (Å²) in [6, 6.07) is 8.78. The molecule has 0 unspecified atom stereocenters. The van der Waals surface area contributed by atoms with Crippen LogP contribution in [0.5, 0.6) is 5.75 Å². The van der Waals surface area contributed by atoms with Gasteiger partial charge in [-0.15, -0.1) is 0 Å². The van der Waals surface area contributed by atoms with E-state index in [1.54, 1.807) is 7.11 Å². The number of rotatable bonds is 4. The van der Waals surface area contributed by atoms with Crippen molar-refractivity contribution in [1.29, 1.82) is 0 Å². The molecular formula is C22H28N4O. The monoisotopic (exact) mass is 364 g/mol. The summed E-state index contributed by atoms with van der Waals surface area (Å²) >= 11 is 0. The molecule has 5 heteroatoms. The largest absolute Gasteiger partial charge is 0.494 e. The number of aromatic nitrogens is 3. The molecule has 0 bridgehead atoms. The number of aryl methyl sites for hydroxylation is 1. The van der Waals surface area contributed by atoms with Crippen LogP contribution in [0.4, 0.5) is 5.82 Å². The standard InChI is InChI=1S/C22H28N4O/c1-15(2)26-13-10-23-22(26)17-8-11-25(12-9-17)20-14-16(3)18-6-5-7-19(27-4)21(18)24-20/h5-7,10,13-15,17H,8-9,11-12H2,1-4H3. The number of pyridine rings is 1. The van der Waals surface area contributed by atoms with E-state index >= 15 is 0 Å². The van der Waals surface area contributed by atoms with Gasteiger partial charge in [0.15, 0.2) is 0 Å². The van der Waals surface area contributed by atoms with Crippen LogP contribution in [0.3, 0.4) is 0 Å². The summed E-state index contributed by atoms with van der Waals surface area (Å²) in [6.07, 6.45) is 6.25. The Morgan fingerprint density at radius 2 is 1.96 bits per heavy atom. The molecule has 0 amide bonds. The molecule has 4 rings (SSSR count). The number of nitrogens with zero attached hydrogens (tertiary/aromatic N) is 4. The number of fused-ring (bicyclic) bond motifs is 1. The van der Waals surface area contributed by atoms with Crippen LogP contribution in [-0.2, 0) is 0 Å². The molecule has 0 saturated carbocycles. The molecule has 2 aromatic heterocycles. The highest BCUT2D eigenvalue weighted by Crippen LogP contribution is 2.33. The lowest BCUT2D eigenvalue weighted by Crippen LogP contribution is -2.34. The van der Waals surface area contributed by atoms with Crippen LogP contribution in [0, 0.1) is 6.92 Å². The Balaban J connectivity index is 1.57. The lowest BCUT2D eigenvalue weighted by molar-refractivity contribution is 0.418. The van der Waals surface area contributed by atoms with Crippen molar-refractivity contribution >= 4 is 16.7 Å². The van der Waals surface area contributed by atoms with Gasteiger partial charge < -0.3 is 14.2 Å². The van der Waals surface area contributed by atoms with Gasteiger partial charge in [0.05, 0.1) is 7.11 Å². The molecule has 142 valence electrons. The molecule has 5 nitrogen and oxygen atoms in total. The van der Waals surface area contributed by atoms with Crippen molar-refractivity contribution in [2.24, 2.45) is 0 Å². The van der Waals surface area contributed by atoms with E-state index in [4.69, 9.17) is 9.72 Å². The van der Waals surface area contributed by atoms with Crippen LogP contribution in [0.25, 0.3) is 10.9 Å². The predicted octanol–water partition coefficient (Wildman–Crippen LogP) is 4.71. The maximum absolute atomic E-state index is 5.53. The zero-order chi connectivity index (χ0) is 19.0. The summed E-state index contributed by atoms with van der Waals surface area (Å²) in [5.74, 6) is 3.64. The molecule has 1 fully saturated rings. The summed E-state index contributed by atoms with van der Waals surface area (Å²) in [7, 11) is 1.71. The number of hydrogen-bond acceptors (Lipinski definition) is 4. The Hall–Kier alpha value is -2.56. The zero-order valence-electron chi connectivity index (χ0n) is 16.6. The van der Waals surface area contributed by atoms with Gasteiger partial charge in [0.1, 0.15) is 22.9 Å². The second-order valence-corrected chi connectivity index (χ2v) is 7.70. The maximum atomic E-state index is 5.53. The first-order valence-electron chi connectivity index (χ1n) is 9.80. The van der Waals surface area contributed by atoms with Crippen molar-refractivity contribution in [3.8, 4) is 5.75 Å². The Bertz CT molecular complexity index is 939. The summed E-state index contributed by atoms with van der Waals surface area (Å²) in [5.41, 5.74) is 2.19. The molecular weight excluding hydrogens is 336 g/mol. The van der Waals surface area contributed by atoms with Crippen LogP contribution in [0.1, 0.15) is 50.0 Å². The fourth-order valence-electron chi connectivity index (χ4n) is 4.15. The topological polar surface area (TPSA) is 43.2 Å². The van der Waals surface area contributed by atoms with E-state index in [-0.39, 0.29) is 0 Å².